The number of H-pyrrole nitrogens is 1. The van der Waals surface area contributed by atoms with E-state index in [1.165, 1.54) is 0 Å². The van der Waals surface area contributed by atoms with Crippen molar-refractivity contribution in [3.05, 3.63) is 57.5 Å². The summed E-state index contributed by atoms with van der Waals surface area (Å²) in [7, 11) is 0. The number of aromatic nitrogens is 3. The maximum Gasteiger partial charge on any atom is 0.253 e. The molecule has 0 fully saturated rings. The fraction of sp³-hybridized carbons (Fsp3) is 0.316. The van der Waals surface area contributed by atoms with Gasteiger partial charge in [-0.15, -0.1) is 11.8 Å². The molecule has 136 valence electrons. The molecule has 1 atom stereocenters. The quantitative estimate of drug-likeness (QED) is 0.464. The van der Waals surface area contributed by atoms with Gasteiger partial charge in [0.2, 0.25) is 5.95 Å². The molecule has 3 aromatic rings. The summed E-state index contributed by atoms with van der Waals surface area (Å²) >= 11 is 7.85. The van der Waals surface area contributed by atoms with Crippen molar-refractivity contribution in [3.8, 4) is 0 Å². The Balaban J connectivity index is 1.83. The van der Waals surface area contributed by atoms with Gasteiger partial charge in [-0.1, -0.05) is 37.6 Å². The first kappa shape index (κ1) is 18.7. The molecule has 5 nitrogen and oxygen atoms in total. The minimum absolute atomic E-state index is 0.170. The lowest BCUT2D eigenvalue weighted by atomic mass is 10.1. The molecule has 2 heterocycles. The maximum absolute atomic E-state index is 12.5. The van der Waals surface area contributed by atoms with Crippen molar-refractivity contribution < 1.29 is 0 Å². The van der Waals surface area contributed by atoms with Crippen molar-refractivity contribution in [2.75, 3.05) is 11.1 Å². The van der Waals surface area contributed by atoms with Crippen LogP contribution in [0.15, 0.2) is 46.3 Å². The molecule has 0 aliphatic carbocycles. The summed E-state index contributed by atoms with van der Waals surface area (Å²) in [5.41, 5.74) is 1.10. The minimum Gasteiger partial charge on any atom is -0.347 e. The van der Waals surface area contributed by atoms with E-state index in [2.05, 4.69) is 34.1 Å². The van der Waals surface area contributed by atoms with Crippen LogP contribution in [-0.4, -0.2) is 20.7 Å². The number of benzene rings is 1. The topological polar surface area (TPSA) is 70.7 Å². The molecular weight excluding hydrogens is 368 g/mol. The van der Waals surface area contributed by atoms with Crippen LogP contribution in [0.1, 0.15) is 32.4 Å². The first-order valence-corrected chi connectivity index (χ1v) is 9.84. The lowest BCUT2D eigenvalue weighted by Crippen LogP contribution is -2.20. The SMILES string of the molecule is CC(C)CSc1ccnc(N[C@@H](C)c2cc3cccc(Cl)c3[nH]c2=O)n1. The number of fused-ring (bicyclic) bond motifs is 1. The molecule has 3 rings (SSSR count). The Kier molecular flexibility index (Phi) is 5.84. The van der Waals surface area contributed by atoms with E-state index in [-0.39, 0.29) is 11.6 Å². The van der Waals surface area contributed by atoms with E-state index >= 15 is 0 Å². The summed E-state index contributed by atoms with van der Waals surface area (Å²) in [5, 5.41) is 5.56. The number of hydrogen-bond acceptors (Lipinski definition) is 5. The fourth-order valence-corrected chi connectivity index (χ4v) is 3.59. The average molecular weight is 389 g/mol. The number of hydrogen-bond donors (Lipinski definition) is 2. The first-order valence-electron chi connectivity index (χ1n) is 8.48. The van der Waals surface area contributed by atoms with Crippen LogP contribution in [-0.2, 0) is 0 Å². The Hall–Kier alpha value is -2.05. The molecule has 7 heteroatoms. The third kappa shape index (κ3) is 4.37. The Bertz CT molecular complexity index is 973. The highest BCUT2D eigenvalue weighted by atomic mass is 35.5. The van der Waals surface area contributed by atoms with E-state index in [1.807, 2.05) is 31.2 Å². The summed E-state index contributed by atoms with van der Waals surface area (Å²) in [6, 6.07) is 9.06. The lowest BCUT2D eigenvalue weighted by Gasteiger charge is -2.15. The van der Waals surface area contributed by atoms with Gasteiger partial charge in [0.15, 0.2) is 0 Å². The number of rotatable bonds is 6. The van der Waals surface area contributed by atoms with Gasteiger partial charge >= 0.3 is 0 Å². The molecule has 0 radical (unpaired) electrons. The predicted molar refractivity (Wildman–Crippen MR) is 109 cm³/mol. The van der Waals surface area contributed by atoms with E-state index < -0.39 is 0 Å². The van der Waals surface area contributed by atoms with Crippen molar-refractivity contribution in [1.82, 2.24) is 15.0 Å². The van der Waals surface area contributed by atoms with Crippen LogP contribution in [0.25, 0.3) is 10.9 Å². The molecule has 0 amide bonds. The number of nitrogens with one attached hydrogen (secondary N) is 2. The third-order valence-corrected chi connectivity index (χ3v) is 5.54. The van der Waals surface area contributed by atoms with Gasteiger partial charge in [-0.25, -0.2) is 9.97 Å². The lowest BCUT2D eigenvalue weighted by molar-refractivity contribution is 0.749. The van der Waals surface area contributed by atoms with E-state index in [9.17, 15) is 4.79 Å². The molecule has 0 saturated heterocycles. The van der Waals surface area contributed by atoms with Crippen molar-refractivity contribution in [3.63, 3.8) is 0 Å². The molecule has 0 saturated carbocycles. The zero-order chi connectivity index (χ0) is 18.7. The number of nitrogens with zero attached hydrogens (tertiary/aromatic N) is 2. The molecule has 26 heavy (non-hydrogen) atoms. The Morgan fingerprint density at radius 1 is 1.27 bits per heavy atom. The summed E-state index contributed by atoms with van der Waals surface area (Å²) in [4.78, 5) is 24.1. The van der Waals surface area contributed by atoms with Crippen LogP contribution in [0.5, 0.6) is 0 Å². The number of para-hydroxylation sites is 1. The van der Waals surface area contributed by atoms with E-state index in [4.69, 9.17) is 11.6 Å². The number of aromatic amines is 1. The van der Waals surface area contributed by atoms with Crippen molar-refractivity contribution in [1.29, 1.82) is 0 Å². The summed E-state index contributed by atoms with van der Waals surface area (Å²) in [5.74, 6) is 2.10. The summed E-state index contributed by atoms with van der Waals surface area (Å²) < 4.78 is 0. The third-order valence-electron chi connectivity index (χ3n) is 3.86. The number of thioether (sulfide) groups is 1. The van der Waals surface area contributed by atoms with Gasteiger partial charge < -0.3 is 10.3 Å². The molecular formula is C19H21ClN4OS. The minimum atomic E-state index is -0.243. The number of pyridine rings is 1. The Morgan fingerprint density at radius 3 is 2.85 bits per heavy atom. The number of halogens is 1. The summed E-state index contributed by atoms with van der Waals surface area (Å²) in [6.07, 6.45) is 1.73. The largest absolute Gasteiger partial charge is 0.347 e. The van der Waals surface area contributed by atoms with Crippen molar-refractivity contribution in [2.45, 2.75) is 31.8 Å². The van der Waals surface area contributed by atoms with Crippen LogP contribution < -0.4 is 10.9 Å². The average Bonchev–Trinajstić information content (AvgIpc) is 2.60. The molecule has 0 aliphatic heterocycles. The highest BCUT2D eigenvalue weighted by molar-refractivity contribution is 7.99. The van der Waals surface area contributed by atoms with Crippen LogP contribution in [0, 0.1) is 5.92 Å². The second kappa shape index (κ2) is 8.10. The van der Waals surface area contributed by atoms with Crippen molar-refractivity contribution >= 4 is 40.2 Å². The van der Waals surface area contributed by atoms with Gasteiger partial charge in [-0.05, 0) is 31.0 Å². The van der Waals surface area contributed by atoms with E-state index in [0.29, 0.717) is 28.0 Å². The molecule has 0 spiro atoms. The van der Waals surface area contributed by atoms with Crippen LogP contribution in [0.3, 0.4) is 0 Å². The van der Waals surface area contributed by atoms with Gasteiger partial charge in [0.05, 0.1) is 16.6 Å². The van der Waals surface area contributed by atoms with E-state index in [1.54, 1.807) is 24.0 Å². The van der Waals surface area contributed by atoms with Crippen LogP contribution in [0.2, 0.25) is 5.02 Å². The monoisotopic (exact) mass is 388 g/mol. The molecule has 0 aliphatic rings. The second-order valence-corrected chi connectivity index (χ2v) is 7.99. The van der Waals surface area contributed by atoms with Crippen LogP contribution >= 0.6 is 23.4 Å². The van der Waals surface area contributed by atoms with Crippen molar-refractivity contribution in [2.24, 2.45) is 5.92 Å². The van der Waals surface area contributed by atoms with Gasteiger partial charge in [0.25, 0.3) is 5.56 Å². The normalized spacial score (nSPS) is 12.5. The first-order chi connectivity index (χ1) is 12.4. The van der Waals surface area contributed by atoms with Gasteiger partial charge in [-0.2, -0.15) is 0 Å². The van der Waals surface area contributed by atoms with Crippen LogP contribution in [0.4, 0.5) is 5.95 Å². The molecule has 0 bridgehead atoms. The van der Waals surface area contributed by atoms with E-state index in [0.717, 1.165) is 16.2 Å². The zero-order valence-electron chi connectivity index (χ0n) is 14.9. The predicted octanol–water partition coefficient (Wildman–Crippen LogP) is 4.89. The van der Waals surface area contributed by atoms with Gasteiger partial charge in [-0.3, -0.25) is 4.79 Å². The molecule has 0 unspecified atom stereocenters. The fourth-order valence-electron chi connectivity index (χ4n) is 2.55. The summed E-state index contributed by atoms with van der Waals surface area (Å²) in [6.45, 7) is 6.26. The standard InChI is InChI=1S/C19H21ClN4OS/c1-11(2)10-26-16-7-8-21-19(23-16)22-12(3)14-9-13-5-4-6-15(20)17(13)24-18(14)25/h4-9,11-12H,10H2,1-3H3,(H,24,25)(H,21,22,23)/t12-/m0/s1. The maximum atomic E-state index is 12.5. The smallest absolute Gasteiger partial charge is 0.253 e. The molecule has 1 aromatic carbocycles. The highest BCUT2D eigenvalue weighted by Crippen LogP contribution is 2.24. The molecule has 2 aromatic heterocycles. The van der Waals surface area contributed by atoms with Gasteiger partial charge in [0, 0.05) is 22.9 Å². The zero-order valence-corrected chi connectivity index (χ0v) is 16.5. The Morgan fingerprint density at radius 2 is 2.08 bits per heavy atom. The highest BCUT2D eigenvalue weighted by Gasteiger charge is 2.13. The molecule has 2 N–H and O–H groups in total. The second-order valence-electron chi connectivity index (χ2n) is 6.55. The van der Waals surface area contributed by atoms with Gasteiger partial charge in [0.1, 0.15) is 5.03 Å². The number of anilines is 1. The Labute approximate surface area is 161 Å².